The lowest BCUT2D eigenvalue weighted by molar-refractivity contribution is -0.127. The van der Waals surface area contributed by atoms with E-state index in [0.717, 1.165) is 25.9 Å². The molecule has 3 rings (SSSR count). The molecule has 1 aromatic carbocycles. The van der Waals surface area contributed by atoms with Gasteiger partial charge >= 0.3 is 0 Å². The van der Waals surface area contributed by atoms with Crippen LogP contribution in [0.15, 0.2) is 29.2 Å². The molecule has 2 unspecified atom stereocenters. The number of nitrogens with one attached hydrogen (secondary N) is 2. The van der Waals surface area contributed by atoms with Gasteiger partial charge in [0.2, 0.25) is 21.8 Å². The van der Waals surface area contributed by atoms with E-state index >= 15 is 0 Å². The first kappa shape index (κ1) is 20.6. The molecular formula is C16H23ClN4O4S. The molecule has 2 amide bonds. The van der Waals surface area contributed by atoms with Crippen molar-refractivity contribution in [1.29, 1.82) is 0 Å². The van der Waals surface area contributed by atoms with Crippen LogP contribution in [0.4, 0.5) is 5.69 Å². The minimum Gasteiger partial charge on any atom is -0.352 e. The molecular weight excluding hydrogens is 380 g/mol. The Hall–Kier alpha value is -1.68. The number of rotatable bonds is 4. The van der Waals surface area contributed by atoms with E-state index in [1.165, 1.54) is 23.1 Å². The highest BCUT2D eigenvalue weighted by atomic mass is 35.5. The van der Waals surface area contributed by atoms with Crippen molar-refractivity contribution in [3.63, 3.8) is 0 Å². The molecule has 0 aromatic heterocycles. The Balaban J connectivity index is 0.00000243. The van der Waals surface area contributed by atoms with Crippen LogP contribution in [0, 0.1) is 5.92 Å². The van der Waals surface area contributed by atoms with E-state index in [1.54, 1.807) is 6.07 Å². The number of primary sulfonamides is 1. The van der Waals surface area contributed by atoms with E-state index in [0.29, 0.717) is 5.69 Å². The molecule has 0 radical (unpaired) electrons. The van der Waals surface area contributed by atoms with E-state index in [2.05, 4.69) is 10.6 Å². The smallest absolute Gasteiger partial charge is 0.238 e. The second kappa shape index (κ2) is 8.34. The summed E-state index contributed by atoms with van der Waals surface area (Å²) in [5.41, 5.74) is 0.436. The van der Waals surface area contributed by atoms with Crippen LogP contribution < -0.4 is 20.7 Å². The molecule has 1 aromatic rings. The number of nitrogens with zero attached hydrogens (tertiary/aromatic N) is 1. The van der Waals surface area contributed by atoms with Crippen molar-refractivity contribution >= 4 is 39.9 Å². The van der Waals surface area contributed by atoms with Gasteiger partial charge in [0, 0.05) is 31.2 Å². The van der Waals surface area contributed by atoms with Crippen molar-refractivity contribution in [3.8, 4) is 0 Å². The Labute approximate surface area is 159 Å². The maximum absolute atomic E-state index is 12.4. The van der Waals surface area contributed by atoms with E-state index < -0.39 is 15.9 Å². The number of piperidine rings is 1. The third kappa shape index (κ3) is 4.73. The summed E-state index contributed by atoms with van der Waals surface area (Å²) in [7, 11) is -3.85. The zero-order valence-corrected chi connectivity index (χ0v) is 15.8. The number of carbonyl (C=O) groups excluding carboxylic acids is 2. The molecule has 0 spiro atoms. The number of carbonyl (C=O) groups is 2. The fraction of sp³-hybridized carbons (Fsp3) is 0.500. The summed E-state index contributed by atoms with van der Waals surface area (Å²) >= 11 is 0. The SMILES string of the molecule is Cl.NS(=O)(=O)c1cccc(N2CC(C(=O)NC3CCCNC3)CC2=O)c1. The van der Waals surface area contributed by atoms with E-state index in [-0.39, 0.29) is 48.1 Å². The standard InChI is InChI=1S/C16H22N4O4S.ClH/c17-25(23,24)14-5-1-4-13(8-14)20-10-11(7-15(20)21)16(22)19-12-3-2-6-18-9-12;/h1,4-5,8,11-12,18H,2-3,6-7,9-10H2,(H,19,22)(H2,17,23,24);1H. The summed E-state index contributed by atoms with van der Waals surface area (Å²) in [6, 6.07) is 6.00. The summed E-state index contributed by atoms with van der Waals surface area (Å²) in [5.74, 6) is -0.770. The Morgan fingerprint density at radius 2 is 2.12 bits per heavy atom. The van der Waals surface area contributed by atoms with Crippen LogP contribution in [-0.4, -0.2) is 45.9 Å². The molecule has 0 saturated carbocycles. The Morgan fingerprint density at radius 1 is 1.35 bits per heavy atom. The third-order valence-corrected chi connectivity index (χ3v) is 5.51. The molecule has 2 heterocycles. The van der Waals surface area contributed by atoms with Gasteiger partial charge in [-0.25, -0.2) is 13.6 Å². The molecule has 2 atom stereocenters. The van der Waals surface area contributed by atoms with E-state index in [4.69, 9.17) is 5.14 Å². The first-order valence-corrected chi connectivity index (χ1v) is 9.83. The predicted octanol–water partition coefficient (Wildman–Crippen LogP) is -0.0231. The van der Waals surface area contributed by atoms with Crippen LogP contribution in [0.25, 0.3) is 0 Å². The summed E-state index contributed by atoms with van der Waals surface area (Å²) in [6.07, 6.45) is 2.06. The molecule has 2 saturated heterocycles. The van der Waals surface area contributed by atoms with Crippen LogP contribution in [0.5, 0.6) is 0 Å². The van der Waals surface area contributed by atoms with Gasteiger partial charge in [0.25, 0.3) is 0 Å². The van der Waals surface area contributed by atoms with Gasteiger partial charge in [-0.15, -0.1) is 12.4 Å². The number of hydrogen-bond acceptors (Lipinski definition) is 5. The molecule has 2 fully saturated rings. The van der Waals surface area contributed by atoms with Crippen LogP contribution in [0.1, 0.15) is 19.3 Å². The maximum atomic E-state index is 12.4. The van der Waals surface area contributed by atoms with Crippen molar-refractivity contribution in [1.82, 2.24) is 10.6 Å². The largest absolute Gasteiger partial charge is 0.352 e. The van der Waals surface area contributed by atoms with Gasteiger partial charge in [0.05, 0.1) is 10.8 Å². The van der Waals surface area contributed by atoms with Gasteiger partial charge in [0.15, 0.2) is 0 Å². The van der Waals surface area contributed by atoms with E-state index in [1.807, 2.05) is 0 Å². The molecule has 10 heteroatoms. The average molecular weight is 403 g/mol. The Morgan fingerprint density at radius 3 is 2.77 bits per heavy atom. The van der Waals surface area contributed by atoms with E-state index in [9.17, 15) is 18.0 Å². The van der Waals surface area contributed by atoms with Crippen molar-refractivity contribution in [2.45, 2.75) is 30.2 Å². The molecule has 2 aliphatic rings. The number of nitrogens with two attached hydrogens (primary N) is 1. The fourth-order valence-electron chi connectivity index (χ4n) is 3.26. The summed E-state index contributed by atoms with van der Waals surface area (Å²) in [6.45, 7) is 1.94. The highest BCUT2D eigenvalue weighted by molar-refractivity contribution is 7.89. The molecule has 144 valence electrons. The third-order valence-electron chi connectivity index (χ3n) is 4.60. The quantitative estimate of drug-likeness (QED) is 0.653. The molecule has 4 N–H and O–H groups in total. The van der Waals surface area contributed by atoms with Crippen LogP contribution >= 0.6 is 12.4 Å². The van der Waals surface area contributed by atoms with Gasteiger partial charge in [-0.1, -0.05) is 6.07 Å². The van der Waals surface area contributed by atoms with Crippen LogP contribution in [0.2, 0.25) is 0 Å². The molecule has 0 aliphatic carbocycles. The average Bonchev–Trinajstić information content (AvgIpc) is 2.97. The maximum Gasteiger partial charge on any atom is 0.238 e. The first-order chi connectivity index (χ1) is 11.8. The number of sulfonamides is 1. The summed E-state index contributed by atoms with van der Waals surface area (Å²) in [5, 5.41) is 11.4. The van der Waals surface area contributed by atoms with Gasteiger partial charge < -0.3 is 15.5 Å². The second-order valence-electron chi connectivity index (χ2n) is 6.50. The fourth-order valence-corrected chi connectivity index (χ4v) is 3.81. The highest BCUT2D eigenvalue weighted by Crippen LogP contribution is 2.27. The molecule has 26 heavy (non-hydrogen) atoms. The summed E-state index contributed by atoms with van der Waals surface area (Å²) < 4.78 is 23.0. The van der Waals surface area contributed by atoms with Gasteiger partial charge in [-0.3, -0.25) is 9.59 Å². The number of amides is 2. The Kier molecular flexibility index (Phi) is 6.62. The minimum absolute atomic E-state index is 0. The minimum atomic E-state index is -3.85. The van der Waals surface area contributed by atoms with Gasteiger partial charge in [-0.05, 0) is 37.6 Å². The van der Waals surface area contributed by atoms with Crippen molar-refractivity contribution < 1.29 is 18.0 Å². The Bertz CT molecular complexity index is 780. The number of halogens is 1. The van der Waals surface area contributed by atoms with Gasteiger partial charge in [0.1, 0.15) is 0 Å². The predicted molar refractivity (Wildman–Crippen MR) is 99.6 cm³/mol. The van der Waals surface area contributed by atoms with Crippen molar-refractivity contribution in [2.75, 3.05) is 24.5 Å². The first-order valence-electron chi connectivity index (χ1n) is 8.29. The lowest BCUT2D eigenvalue weighted by atomic mass is 10.0. The lowest BCUT2D eigenvalue weighted by Crippen LogP contribution is -2.47. The monoisotopic (exact) mass is 402 g/mol. The van der Waals surface area contributed by atoms with Crippen molar-refractivity contribution in [2.24, 2.45) is 11.1 Å². The molecule has 2 aliphatic heterocycles. The zero-order chi connectivity index (χ0) is 18.0. The van der Waals surface area contributed by atoms with Crippen LogP contribution in [-0.2, 0) is 19.6 Å². The molecule has 8 nitrogen and oxygen atoms in total. The second-order valence-corrected chi connectivity index (χ2v) is 8.06. The lowest BCUT2D eigenvalue weighted by Gasteiger charge is -2.25. The van der Waals surface area contributed by atoms with Crippen molar-refractivity contribution in [3.05, 3.63) is 24.3 Å². The normalized spacial score (nSPS) is 23.4. The molecule has 0 bridgehead atoms. The zero-order valence-electron chi connectivity index (χ0n) is 14.2. The van der Waals surface area contributed by atoms with Crippen LogP contribution in [0.3, 0.4) is 0 Å². The number of benzene rings is 1. The number of anilines is 1. The summed E-state index contributed by atoms with van der Waals surface area (Å²) in [4.78, 5) is 26.1. The number of hydrogen-bond donors (Lipinski definition) is 3. The van der Waals surface area contributed by atoms with Gasteiger partial charge in [-0.2, -0.15) is 0 Å². The highest BCUT2D eigenvalue weighted by Gasteiger charge is 2.36. The topological polar surface area (TPSA) is 122 Å².